The van der Waals surface area contributed by atoms with E-state index in [2.05, 4.69) is 33.4 Å². The third kappa shape index (κ3) is 4.43. The maximum atomic E-state index is 6.17. The molecule has 0 heterocycles. The molecule has 0 atom stereocenters. The van der Waals surface area contributed by atoms with E-state index in [9.17, 15) is 0 Å². The maximum absolute atomic E-state index is 6.17. The summed E-state index contributed by atoms with van der Waals surface area (Å²) < 4.78 is 6.74. The Balaban J connectivity index is 1.76. The molecule has 0 aliphatic carbocycles. The lowest BCUT2D eigenvalue weighted by Crippen LogP contribution is -2.07. The minimum atomic E-state index is 0.641. The number of rotatable bonds is 6. The van der Waals surface area contributed by atoms with Gasteiger partial charge in [0.1, 0.15) is 5.75 Å². The van der Waals surface area contributed by atoms with E-state index in [0.717, 1.165) is 34.4 Å². The zero-order valence-corrected chi connectivity index (χ0v) is 13.7. The van der Waals surface area contributed by atoms with Crippen molar-refractivity contribution in [3.8, 4) is 5.75 Å². The molecule has 0 aliphatic heterocycles. The second-order valence-electron chi connectivity index (χ2n) is 4.53. The van der Waals surface area contributed by atoms with E-state index in [0.29, 0.717) is 11.6 Å². The Kier molecular flexibility index (Phi) is 5.74. The van der Waals surface area contributed by atoms with Gasteiger partial charge in [-0.2, -0.15) is 0 Å². The lowest BCUT2D eigenvalue weighted by molar-refractivity contribution is 0.313. The molecule has 2 nitrogen and oxygen atoms in total. The normalized spacial score (nSPS) is 10.3. The Morgan fingerprint density at radius 3 is 2.65 bits per heavy atom. The lowest BCUT2D eigenvalue weighted by atomic mass is 10.2. The summed E-state index contributed by atoms with van der Waals surface area (Å²) >= 11 is 9.59. The monoisotopic (exact) mass is 353 g/mol. The fourth-order valence-electron chi connectivity index (χ4n) is 1.91. The molecule has 0 unspecified atom stereocenters. The van der Waals surface area contributed by atoms with Crippen LogP contribution in [0.5, 0.6) is 5.75 Å². The summed E-state index contributed by atoms with van der Waals surface area (Å²) in [6.45, 7) is 3.51. The molecule has 4 heteroatoms. The number of aryl methyl sites for hydroxylation is 1. The molecule has 20 heavy (non-hydrogen) atoms. The van der Waals surface area contributed by atoms with Crippen molar-refractivity contribution in [1.29, 1.82) is 0 Å². The van der Waals surface area contributed by atoms with Crippen molar-refractivity contribution in [3.63, 3.8) is 0 Å². The first-order valence-electron chi connectivity index (χ1n) is 6.54. The van der Waals surface area contributed by atoms with Crippen molar-refractivity contribution in [2.24, 2.45) is 0 Å². The van der Waals surface area contributed by atoms with Gasteiger partial charge in [0.2, 0.25) is 0 Å². The number of nitrogens with one attached hydrogen (secondary N) is 1. The maximum Gasteiger partial charge on any atom is 0.140 e. The third-order valence-corrected chi connectivity index (χ3v) is 3.60. The molecule has 1 N–H and O–H groups in total. The molecule has 0 fully saturated rings. The minimum Gasteiger partial charge on any atom is -0.492 e. The van der Waals surface area contributed by atoms with E-state index in [-0.39, 0.29) is 0 Å². The van der Waals surface area contributed by atoms with Crippen molar-refractivity contribution in [2.45, 2.75) is 13.3 Å². The van der Waals surface area contributed by atoms with Crippen LogP contribution >= 0.6 is 27.5 Å². The van der Waals surface area contributed by atoms with Crippen LogP contribution in [0.3, 0.4) is 0 Å². The van der Waals surface area contributed by atoms with Crippen molar-refractivity contribution in [3.05, 3.63) is 57.5 Å². The van der Waals surface area contributed by atoms with Crippen LogP contribution in [0.1, 0.15) is 12.0 Å². The van der Waals surface area contributed by atoms with Crippen molar-refractivity contribution >= 4 is 33.2 Å². The van der Waals surface area contributed by atoms with E-state index >= 15 is 0 Å². The van der Waals surface area contributed by atoms with Crippen molar-refractivity contribution < 1.29 is 4.74 Å². The Labute approximate surface area is 133 Å². The molecular formula is C16H17BrClNO. The average Bonchev–Trinajstić information content (AvgIpc) is 2.42. The number of para-hydroxylation sites is 1. The molecule has 0 bridgehead atoms. The van der Waals surface area contributed by atoms with Crippen LogP contribution in [0.15, 0.2) is 46.9 Å². The highest BCUT2D eigenvalue weighted by Gasteiger charge is 2.06. The standard InChI is InChI=1S/C16H17BrClNO/c1-12-10-13(17)11-15(18)16(12)20-9-5-8-19-14-6-3-2-4-7-14/h2-4,6-7,10-11,19H,5,8-9H2,1H3. The van der Waals surface area contributed by atoms with Gasteiger partial charge in [0.05, 0.1) is 11.6 Å². The Hall–Kier alpha value is -1.19. The predicted octanol–water partition coefficient (Wildman–Crippen LogP) is 5.29. The van der Waals surface area contributed by atoms with Crippen LogP contribution in [-0.4, -0.2) is 13.2 Å². The molecule has 0 radical (unpaired) electrons. The molecule has 0 spiro atoms. The number of ether oxygens (including phenoxy) is 1. The molecule has 2 aromatic carbocycles. The van der Waals surface area contributed by atoms with Gasteiger partial charge in [0.15, 0.2) is 0 Å². The number of anilines is 1. The predicted molar refractivity (Wildman–Crippen MR) is 88.9 cm³/mol. The zero-order valence-electron chi connectivity index (χ0n) is 11.3. The topological polar surface area (TPSA) is 21.3 Å². The fourth-order valence-corrected chi connectivity index (χ4v) is 2.93. The van der Waals surface area contributed by atoms with Gasteiger partial charge in [0, 0.05) is 16.7 Å². The van der Waals surface area contributed by atoms with Gasteiger partial charge >= 0.3 is 0 Å². The molecule has 0 saturated heterocycles. The van der Waals surface area contributed by atoms with Crippen LogP contribution < -0.4 is 10.1 Å². The molecule has 106 valence electrons. The van der Waals surface area contributed by atoms with Crippen LogP contribution in [0.4, 0.5) is 5.69 Å². The number of benzene rings is 2. The van der Waals surface area contributed by atoms with Crippen LogP contribution in [-0.2, 0) is 0 Å². The highest BCUT2D eigenvalue weighted by Crippen LogP contribution is 2.31. The quantitative estimate of drug-likeness (QED) is 0.711. The highest BCUT2D eigenvalue weighted by molar-refractivity contribution is 9.10. The van der Waals surface area contributed by atoms with E-state index in [1.165, 1.54) is 0 Å². The second kappa shape index (κ2) is 7.55. The summed E-state index contributed by atoms with van der Waals surface area (Å²) in [5.41, 5.74) is 2.17. The highest BCUT2D eigenvalue weighted by atomic mass is 79.9. The molecule has 0 aliphatic rings. The van der Waals surface area contributed by atoms with Crippen molar-refractivity contribution in [2.75, 3.05) is 18.5 Å². The van der Waals surface area contributed by atoms with Gasteiger partial charge in [-0.15, -0.1) is 0 Å². The van der Waals surface area contributed by atoms with Gasteiger partial charge < -0.3 is 10.1 Å². The number of halogens is 2. The summed E-state index contributed by atoms with van der Waals surface area (Å²) in [6.07, 6.45) is 0.917. The summed E-state index contributed by atoms with van der Waals surface area (Å²) in [6, 6.07) is 14.0. The largest absolute Gasteiger partial charge is 0.492 e. The van der Waals surface area contributed by atoms with Crippen LogP contribution in [0.2, 0.25) is 5.02 Å². The third-order valence-electron chi connectivity index (χ3n) is 2.86. The van der Waals surface area contributed by atoms with Crippen molar-refractivity contribution in [1.82, 2.24) is 0 Å². The van der Waals surface area contributed by atoms with E-state index < -0.39 is 0 Å². The van der Waals surface area contributed by atoms with Gasteiger partial charge in [-0.1, -0.05) is 45.7 Å². The minimum absolute atomic E-state index is 0.641. The summed E-state index contributed by atoms with van der Waals surface area (Å²) in [7, 11) is 0. The Bertz CT molecular complexity index is 537. The SMILES string of the molecule is Cc1cc(Br)cc(Cl)c1OCCCNc1ccccc1. The second-order valence-corrected chi connectivity index (χ2v) is 5.85. The van der Waals surface area contributed by atoms with E-state index in [4.69, 9.17) is 16.3 Å². The van der Waals surface area contributed by atoms with Crippen LogP contribution in [0.25, 0.3) is 0 Å². The average molecular weight is 355 g/mol. The number of hydrogen-bond donors (Lipinski definition) is 1. The molecule has 0 aromatic heterocycles. The molecular weight excluding hydrogens is 338 g/mol. The zero-order chi connectivity index (χ0) is 14.4. The van der Waals surface area contributed by atoms with Gasteiger partial charge in [-0.3, -0.25) is 0 Å². The molecule has 2 aromatic rings. The fraction of sp³-hybridized carbons (Fsp3) is 0.250. The van der Waals surface area contributed by atoms with E-state index in [1.54, 1.807) is 0 Å². The molecule has 2 rings (SSSR count). The molecule has 0 saturated carbocycles. The van der Waals surface area contributed by atoms with Gasteiger partial charge in [-0.05, 0) is 43.2 Å². The summed E-state index contributed by atoms with van der Waals surface area (Å²) in [5.74, 6) is 0.773. The Morgan fingerprint density at radius 2 is 1.95 bits per heavy atom. The van der Waals surface area contributed by atoms with Gasteiger partial charge in [-0.25, -0.2) is 0 Å². The van der Waals surface area contributed by atoms with Crippen LogP contribution in [0, 0.1) is 6.92 Å². The molecule has 0 amide bonds. The first-order chi connectivity index (χ1) is 9.66. The Morgan fingerprint density at radius 1 is 1.20 bits per heavy atom. The summed E-state index contributed by atoms with van der Waals surface area (Å²) in [4.78, 5) is 0. The first kappa shape index (κ1) is 15.2. The first-order valence-corrected chi connectivity index (χ1v) is 7.71. The lowest BCUT2D eigenvalue weighted by Gasteiger charge is -2.12. The van der Waals surface area contributed by atoms with E-state index in [1.807, 2.05) is 37.3 Å². The summed E-state index contributed by atoms with van der Waals surface area (Å²) in [5, 5.41) is 3.99. The van der Waals surface area contributed by atoms with Gasteiger partial charge in [0.25, 0.3) is 0 Å². The smallest absolute Gasteiger partial charge is 0.140 e. The number of hydrogen-bond acceptors (Lipinski definition) is 2.